The van der Waals surface area contributed by atoms with Gasteiger partial charge in [-0.05, 0) is 61.1 Å². The van der Waals surface area contributed by atoms with Gasteiger partial charge in [0.2, 0.25) is 15.9 Å². The number of benzene rings is 1. The molecule has 2 N–H and O–H groups in total. The molecular formula is C23H29N5O4S. The number of rotatable bonds is 7. The van der Waals surface area contributed by atoms with Crippen LogP contribution in [0.3, 0.4) is 0 Å². The zero-order valence-corrected chi connectivity index (χ0v) is 19.3. The normalized spacial score (nSPS) is 19.5. The number of pyridine rings is 1. The molecule has 2 aliphatic rings. The van der Waals surface area contributed by atoms with Gasteiger partial charge in [0.05, 0.1) is 4.90 Å². The van der Waals surface area contributed by atoms with Gasteiger partial charge < -0.3 is 15.5 Å². The van der Waals surface area contributed by atoms with Gasteiger partial charge in [0.15, 0.2) is 0 Å². The smallest absolute Gasteiger partial charge is 0.319 e. The maximum atomic E-state index is 13.2. The molecule has 1 unspecified atom stereocenters. The predicted molar refractivity (Wildman–Crippen MR) is 124 cm³/mol. The summed E-state index contributed by atoms with van der Waals surface area (Å²) in [5, 5.41) is 5.44. The topological polar surface area (TPSA) is 112 Å². The minimum atomic E-state index is -3.64. The zero-order valence-electron chi connectivity index (χ0n) is 18.4. The van der Waals surface area contributed by atoms with E-state index in [1.807, 2.05) is 11.0 Å². The van der Waals surface area contributed by atoms with Crippen molar-refractivity contribution in [3.8, 4) is 0 Å². The second kappa shape index (κ2) is 10.3. The summed E-state index contributed by atoms with van der Waals surface area (Å²) in [4.78, 5) is 30.1. The van der Waals surface area contributed by atoms with Gasteiger partial charge in [0.1, 0.15) is 0 Å². The fourth-order valence-corrected chi connectivity index (χ4v) is 5.88. The Morgan fingerprint density at radius 3 is 2.64 bits per heavy atom. The number of piperidine rings is 1. The van der Waals surface area contributed by atoms with E-state index in [9.17, 15) is 18.0 Å². The van der Waals surface area contributed by atoms with Crippen molar-refractivity contribution in [2.75, 3.05) is 31.5 Å². The van der Waals surface area contributed by atoms with Gasteiger partial charge >= 0.3 is 6.03 Å². The van der Waals surface area contributed by atoms with Crippen molar-refractivity contribution in [3.63, 3.8) is 0 Å². The Kier molecular flexibility index (Phi) is 7.24. The summed E-state index contributed by atoms with van der Waals surface area (Å²) in [7, 11) is -3.64. The number of aromatic nitrogens is 1. The van der Waals surface area contributed by atoms with Crippen LogP contribution in [0.4, 0.5) is 10.5 Å². The lowest BCUT2D eigenvalue weighted by atomic mass is 9.99. The summed E-state index contributed by atoms with van der Waals surface area (Å²) in [6, 6.07) is 9.47. The molecule has 0 saturated carbocycles. The Balaban J connectivity index is 1.33. The Labute approximate surface area is 194 Å². The van der Waals surface area contributed by atoms with Gasteiger partial charge in [0, 0.05) is 57.2 Å². The highest BCUT2D eigenvalue weighted by molar-refractivity contribution is 7.89. The molecule has 10 heteroatoms. The summed E-state index contributed by atoms with van der Waals surface area (Å²) in [6.45, 7) is 2.63. The van der Waals surface area contributed by atoms with Crippen LogP contribution in [0.15, 0.2) is 53.7 Å². The number of amides is 3. The van der Waals surface area contributed by atoms with Gasteiger partial charge in [-0.3, -0.25) is 9.78 Å². The molecule has 33 heavy (non-hydrogen) atoms. The summed E-state index contributed by atoms with van der Waals surface area (Å²) in [5.41, 5.74) is 1.38. The maximum absolute atomic E-state index is 13.2. The standard InChI is InChI=1S/C23H29N5O4S/c29-22-6-3-12-27(22)16-19-5-2-13-28(17-19)33(31,32)21-9-7-20(8-10-21)26-23(30)25-15-18-4-1-11-24-14-18/h1,4,7-11,14,19H,2-3,5-6,12-13,15-17H2,(H2,25,26,30). The molecule has 9 nitrogen and oxygen atoms in total. The fourth-order valence-electron chi connectivity index (χ4n) is 4.32. The first kappa shape index (κ1) is 23.2. The van der Waals surface area contributed by atoms with Crippen LogP contribution in [0.1, 0.15) is 31.2 Å². The van der Waals surface area contributed by atoms with Gasteiger partial charge in [-0.1, -0.05) is 6.07 Å². The molecular weight excluding hydrogens is 442 g/mol. The minimum Gasteiger partial charge on any atom is -0.342 e. The number of carbonyl (C=O) groups is 2. The third kappa shape index (κ3) is 5.88. The second-order valence-electron chi connectivity index (χ2n) is 8.51. The van der Waals surface area contributed by atoms with E-state index < -0.39 is 10.0 Å². The number of carbonyl (C=O) groups excluding carboxylic acids is 2. The lowest BCUT2D eigenvalue weighted by Crippen LogP contribution is -2.44. The number of anilines is 1. The molecule has 0 aliphatic carbocycles. The van der Waals surface area contributed by atoms with Crippen molar-refractivity contribution in [2.24, 2.45) is 5.92 Å². The van der Waals surface area contributed by atoms with Crippen LogP contribution >= 0.6 is 0 Å². The summed E-state index contributed by atoms with van der Waals surface area (Å²) >= 11 is 0. The van der Waals surface area contributed by atoms with Gasteiger partial charge in [-0.2, -0.15) is 4.31 Å². The molecule has 0 radical (unpaired) electrons. The number of nitrogens with one attached hydrogen (secondary N) is 2. The number of urea groups is 1. The van der Waals surface area contributed by atoms with Crippen molar-refractivity contribution in [2.45, 2.75) is 37.1 Å². The van der Waals surface area contributed by atoms with Crippen molar-refractivity contribution >= 4 is 27.6 Å². The van der Waals surface area contributed by atoms with Crippen molar-refractivity contribution < 1.29 is 18.0 Å². The molecule has 1 aromatic carbocycles. The van der Waals surface area contributed by atoms with E-state index >= 15 is 0 Å². The molecule has 1 aromatic heterocycles. The zero-order chi connectivity index (χ0) is 23.3. The molecule has 176 valence electrons. The Morgan fingerprint density at radius 2 is 1.94 bits per heavy atom. The van der Waals surface area contributed by atoms with E-state index in [1.54, 1.807) is 30.6 Å². The third-order valence-electron chi connectivity index (χ3n) is 6.06. The molecule has 2 aromatic rings. The summed E-state index contributed by atoms with van der Waals surface area (Å²) in [5.74, 6) is 0.322. The highest BCUT2D eigenvalue weighted by Crippen LogP contribution is 2.26. The predicted octanol–water partition coefficient (Wildman–Crippen LogP) is 2.43. The van der Waals surface area contributed by atoms with Crippen LogP contribution in [0.5, 0.6) is 0 Å². The molecule has 2 aliphatic heterocycles. The molecule has 1 atom stereocenters. The van der Waals surface area contributed by atoms with Gasteiger partial charge in [-0.25, -0.2) is 13.2 Å². The molecule has 2 saturated heterocycles. The molecule has 0 spiro atoms. The van der Waals surface area contributed by atoms with Crippen LogP contribution < -0.4 is 10.6 Å². The number of likely N-dealkylation sites (tertiary alicyclic amines) is 1. The minimum absolute atomic E-state index is 0.153. The third-order valence-corrected chi connectivity index (χ3v) is 7.94. The van der Waals surface area contributed by atoms with Gasteiger partial charge in [0.25, 0.3) is 0 Å². The summed E-state index contributed by atoms with van der Waals surface area (Å²) in [6.07, 6.45) is 6.52. The van der Waals surface area contributed by atoms with Crippen LogP contribution in [-0.4, -0.2) is 60.7 Å². The van der Waals surface area contributed by atoms with E-state index in [-0.39, 0.29) is 22.8 Å². The molecule has 0 bridgehead atoms. The Hall–Kier alpha value is -2.98. The average Bonchev–Trinajstić information content (AvgIpc) is 3.23. The van der Waals surface area contributed by atoms with E-state index in [2.05, 4.69) is 15.6 Å². The number of sulfonamides is 1. The average molecular weight is 472 g/mol. The highest BCUT2D eigenvalue weighted by Gasteiger charge is 2.32. The fraction of sp³-hybridized carbons (Fsp3) is 0.435. The Bertz CT molecular complexity index is 1080. The molecule has 3 amide bonds. The van der Waals surface area contributed by atoms with E-state index in [4.69, 9.17) is 0 Å². The van der Waals surface area contributed by atoms with Crippen LogP contribution in [-0.2, 0) is 21.4 Å². The number of hydrogen-bond donors (Lipinski definition) is 2. The highest BCUT2D eigenvalue weighted by atomic mass is 32.2. The molecule has 2 fully saturated rings. The second-order valence-corrected chi connectivity index (χ2v) is 10.4. The van der Waals surface area contributed by atoms with Crippen LogP contribution in [0.2, 0.25) is 0 Å². The summed E-state index contributed by atoms with van der Waals surface area (Å²) < 4.78 is 27.9. The first-order chi connectivity index (χ1) is 15.9. The van der Waals surface area contributed by atoms with E-state index in [0.29, 0.717) is 38.3 Å². The van der Waals surface area contributed by atoms with Gasteiger partial charge in [-0.15, -0.1) is 0 Å². The van der Waals surface area contributed by atoms with Crippen LogP contribution in [0, 0.1) is 5.92 Å². The molecule has 4 rings (SSSR count). The first-order valence-electron chi connectivity index (χ1n) is 11.2. The molecule has 3 heterocycles. The van der Waals surface area contributed by atoms with Crippen molar-refractivity contribution in [1.82, 2.24) is 19.5 Å². The number of hydrogen-bond acceptors (Lipinski definition) is 5. The maximum Gasteiger partial charge on any atom is 0.319 e. The van der Waals surface area contributed by atoms with E-state index in [0.717, 1.165) is 31.4 Å². The largest absolute Gasteiger partial charge is 0.342 e. The SMILES string of the molecule is O=C(NCc1cccnc1)Nc1ccc(S(=O)(=O)N2CCCC(CN3CCCC3=O)C2)cc1. The van der Waals surface area contributed by atoms with Crippen LogP contribution in [0.25, 0.3) is 0 Å². The Morgan fingerprint density at radius 1 is 1.12 bits per heavy atom. The lowest BCUT2D eigenvalue weighted by molar-refractivity contribution is -0.128. The quantitative estimate of drug-likeness (QED) is 0.644. The van der Waals surface area contributed by atoms with Crippen molar-refractivity contribution in [3.05, 3.63) is 54.4 Å². The lowest BCUT2D eigenvalue weighted by Gasteiger charge is -2.34. The monoisotopic (exact) mass is 471 g/mol. The first-order valence-corrected chi connectivity index (χ1v) is 12.7. The van der Waals surface area contributed by atoms with Crippen molar-refractivity contribution in [1.29, 1.82) is 0 Å². The number of nitrogens with zero attached hydrogens (tertiary/aromatic N) is 3. The van der Waals surface area contributed by atoms with E-state index in [1.165, 1.54) is 16.4 Å².